The lowest BCUT2D eigenvalue weighted by atomic mass is 9.44. The van der Waals surface area contributed by atoms with Gasteiger partial charge in [-0.05, 0) is 97.7 Å². The maximum atomic E-state index is 11.8. The fourth-order valence-electron chi connectivity index (χ4n) is 9.13. The predicted molar refractivity (Wildman–Crippen MR) is 137 cm³/mol. The third-order valence-electron chi connectivity index (χ3n) is 10.7. The second kappa shape index (κ2) is 9.75. The van der Waals surface area contributed by atoms with Gasteiger partial charge in [0.15, 0.2) is 0 Å². The Balaban J connectivity index is 1.55. The predicted octanol–water partition coefficient (Wildman–Crippen LogP) is 6.91. The van der Waals surface area contributed by atoms with E-state index in [1.165, 1.54) is 32.8 Å². The Morgan fingerprint density at radius 1 is 1.09 bits per heavy atom. The number of hydrogen-bond donors (Lipinski definition) is 0. The van der Waals surface area contributed by atoms with Gasteiger partial charge in [-0.1, -0.05) is 52.6 Å². The Morgan fingerprint density at radius 2 is 1.82 bits per heavy atom. The molecule has 4 fully saturated rings. The molecule has 0 radical (unpaired) electrons. The topological polar surface area (TPSA) is 52.6 Å². The van der Waals surface area contributed by atoms with Gasteiger partial charge in [0.25, 0.3) is 0 Å². The molecular formula is C27H42Br2O4. The Bertz CT molecular complexity index is 758. The standard InChI is InChI=1S/C27H42Br2O4/c1-15(6-11-22(31)32-5)20-9-10-21-19-8-7-17-14-18(33-16(2)30)12-13-26(17,3)23(19)24(28)25(29)27(20,21)4/h15,17-21,23-25H,6-14H2,1-5H3/t15-,17+,18+,19-,20-,21+,23-,24-,25+,26-,27+/m0/s1. The summed E-state index contributed by atoms with van der Waals surface area (Å²) in [7, 11) is 1.49. The fraction of sp³-hybridized carbons (Fsp3) is 0.926. The largest absolute Gasteiger partial charge is 0.469 e. The van der Waals surface area contributed by atoms with Crippen LogP contribution in [0.4, 0.5) is 0 Å². The SMILES string of the molecule is COC(=O)CC[C@H](C)[C@@H]1CC[C@@H]2[C@@H]3CC[C@@H]4C[C@H](OC(C)=O)CC[C@]4(C)[C@@H]3[C@H](Br)[C@@H](Br)[C@@]21C. The molecule has 0 amide bonds. The highest BCUT2D eigenvalue weighted by atomic mass is 79.9. The maximum Gasteiger partial charge on any atom is 0.305 e. The quantitative estimate of drug-likeness (QED) is 0.258. The average Bonchev–Trinajstić information content (AvgIpc) is 3.13. The number of carbonyl (C=O) groups is 2. The lowest BCUT2D eigenvalue weighted by Gasteiger charge is -2.64. The van der Waals surface area contributed by atoms with Crippen LogP contribution in [-0.4, -0.2) is 34.8 Å². The van der Waals surface area contributed by atoms with E-state index in [1.54, 1.807) is 6.92 Å². The minimum Gasteiger partial charge on any atom is -0.469 e. The zero-order valence-electron chi connectivity index (χ0n) is 20.9. The molecule has 0 aromatic rings. The molecule has 4 rings (SSSR count). The van der Waals surface area contributed by atoms with E-state index in [4.69, 9.17) is 9.47 Å². The molecular weight excluding hydrogens is 548 g/mol. The van der Waals surface area contributed by atoms with Crippen molar-refractivity contribution in [1.82, 2.24) is 0 Å². The molecule has 4 nitrogen and oxygen atoms in total. The monoisotopic (exact) mass is 588 g/mol. The number of esters is 2. The van der Waals surface area contributed by atoms with E-state index in [2.05, 4.69) is 52.6 Å². The second-order valence-electron chi connectivity index (χ2n) is 12.1. The molecule has 0 aromatic carbocycles. The summed E-state index contributed by atoms with van der Waals surface area (Å²) in [6.45, 7) is 8.98. The highest BCUT2D eigenvalue weighted by Crippen LogP contribution is 2.70. The molecule has 0 heterocycles. The van der Waals surface area contributed by atoms with Crippen molar-refractivity contribution >= 4 is 43.8 Å². The molecule has 33 heavy (non-hydrogen) atoms. The van der Waals surface area contributed by atoms with Gasteiger partial charge in [0.05, 0.1) is 7.11 Å². The number of carbonyl (C=O) groups excluding carboxylic acids is 2. The number of ether oxygens (including phenoxy) is 2. The van der Waals surface area contributed by atoms with Crippen LogP contribution in [0.5, 0.6) is 0 Å². The van der Waals surface area contributed by atoms with E-state index in [0.717, 1.165) is 37.5 Å². The summed E-state index contributed by atoms with van der Waals surface area (Å²) < 4.78 is 10.6. The van der Waals surface area contributed by atoms with Crippen LogP contribution >= 0.6 is 31.9 Å². The van der Waals surface area contributed by atoms with Crippen LogP contribution in [0.15, 0.2) is 0 Å². The van der Waals surface area contributed by atoms with E-state index in [0.29, 0.717) is 45.2 Å². The highest BCUT2D eigenvalue weighted by molar-refractivity contribution is 9.12. The van der Waals surface area contributed by atoms with Gasteiger partial charge >= 0.3 is 11.9 Å². The van der Waals surface area contributed by atoms with Crippen molar-refractivity contribution < 1.29 is 19.1 Å². The third kappa shape index (κ3) is 4.36. The second-order valence-corrected chi connectivity index (χ2v) is 14.1. The summed E-state index contributed by atoms with van der Waals surface area (Å²) in [5.74, 6) is 3.69. The van der Waals surface area contributed by atoms with Crippen molar-refractivity contribution in [3.05, 3.63) is 0 Å². The Labute approximate surface area is 216 Å². The Kier molecular flexibility index (Phi) is 7.67. The summed E-state index contributed by atoms with van der Waals surface area (Å²) in [5.41, 5.74) is 0.540. The van der Waals surface area contributed by atoms with Crippen molar-refractivity contribution in [2.75, 3.05) is 7.11 Å². The smallest absolute Gasteiger partial charge is 0.305 e. The molecule has 0 saturated heterocycles. The van der Waals surface area contributed by atoms with Gasteiger partial charge in [-0.15, -0.1) is 0 Å². The first-order valence-corrected chi connectivity index (χ1v) is 14.9. The van der Waals surface area contributed by atoms with Crippen molar-refractivity contribution in [2.45, 2.75) is 101 Å². The fourth-order valence-corrected chi connectivity index (χ4v) is 11.7. The van der Waals surface area contributed by atoms with Crippen LogP contribution in [0.3, 0.4) is 0 Å². The summed E-state index contributed by atoms with van der Waals surface area (Å²) in [5, 5.41) is 0. The van der Waals surface area contributed by atoms with Gasteiger partial charge in [0.1, 0.15) is 6.10 Å². The minimum atomic E-state index is -0.136. The van der Waals surface area contributed by atoms with Crippen molar-refractivity contribution in [2.24, 2.45) is 46.3 Å². The molecule has 0 aliphatic heterocycles. The first kappa shape index (κ1) is 26.0. The summed E-state index contributed by atoms with van der Waals surface area (Å²) in [6, 6.07) is 0. The van der Waals surface area contributed by atoms with E-state index < -0.39 is 0 Å². The van der Waals surface area contributed by atoms with Crippen LogP contribution in [0.1, 0.15) is 85.5 Å². The van der Waals surface area contributed by atoms with Crippen LogP contribution in [0.25, 0.3) is 0 Å². The molecule has 0 N–H and O–H groups in total. The Morgan fingerprint density at radius 3 is 2.48 bits per heavy atom. The van der Waals surface area contributed by atoms with Gasteiger partial charge in [0.2, 0.25) is 0 Å². The average molecular weight is 590 g/mol. The van der Waals surface area contributed by atoms with E-state index >= 15 is 0 Å². The van der Waals surface area contributed by atoms with E-state index in [-0.39, 0.29) is 23.5 Å². The van der Waals surface area contributed by atoms with Crippen LogP contribution in [-0.2, 0) is 19.1 Å². The van der Waals surface area contributed by atoms with E-state index in [9.17, 15) is 9.59 Å². The van der Waals surface area contributed by atoms with Crippen LogP contribution in [0.2, 0.25) is 0 Å². The van der Waals surface area contributed by atoms with Crippen LogP contribution < -0.4 is 0 Å². The maximum absolute atomic E-state index is 11.8. The molecule has 4 saturated carbocycles. The van der Waals surface area contributed by atoms with Crippen molar-refractivity contribution in [1.29, 1.82) is 0 Å². The molecule has 0 aromatic heterocycles. The third-order valence-corrected chi connectivity index (χ3v) is 14.1. The summed E-state index contributed by atoms with van der Waals surface area (Å²) >= 11 is 8.52. The van der Waals surface area contributed by atoms with Gasteiger partial charge in [-0.25, -0.2) is 0 Å². The zero-order chi connectivity index (χ0) is 24.1. The molecule has 0 unspecified atom stereocenters. The number of rotatable bonds is 5. The lowest BCUT2D eigenvalue weighted by Crippen LogP contribution is -2.62. The number of fused-ring (bicyclic) bond motifs is 5. The highest BCUT2D eigenvalue weighted by Gasteiger charge is 2.66. The molecule has 188 valence electrons. The molecule has 11 atom stereocenters. The van der Waals surface area contributed by atoms with Gasteiger partial charge < -0.3 is 9.47 Å². The Hall–Kier alpha value is -0.100. The lowest BCUT2D eigenvalue weighted by molar-refractivity contribution is -0.158. The summed E-state index contributed by atoms with van der Waals surface area (Å²) in [4.78, 5) is 24.2. The van der Waals surface area contributed by atoms with Crippen molar-refractivity contribution in [3.63, 3.8) is 0 Å². The first-order valence-electron chi connectivity index (χ1n) is 13.1. The molecule has 6 heteroatoms. The normalized spacial score (nSPS) is 47.6. The number of alkyl halides is 2. The van der Waals surface area contributed by atoms with E-state index in [1.807, 2.05) is 0 Å². The van der Waals surface area contributed by atoms with Gasteiger partial charge in [-0.2, -0.15) is 0 Å². The van der Waals surface area contributed by atoms with Gasteiger partial charge in [-0.3, -0.25) is 9.59 Å². The zero-order valence-corrected chi connectivity index (χ0v) is 24.1. The minimum absolute atomic E-state index is 0.0883. The molecule has 0 bridgehead atoms. The number of methoxy groups -OCH3 is 1. The summed E-state index contributed by atoms with van der Waals surface area (Å²) in [6.07, 6.45) is 9.85. The molecule has 0 spiro atoms. The number of halogens is 2. The molecule has 4 aliphatic carbocycles. The van der Waals surface area contributed by atoms with Crippen molar-refractivity contribution in [3.8, 4) is 0 Å². The van der Waals surface area contributed by atoms with Gasteiger partial charge in [0, 0.05) is 23.0 Å². The first-order chi connectivity index (χ1) is 15.5. The number of hydrogen-bond acceptors (Lipinski definition) is 4. The van der Waals surface area contributed by atoms with Crippen LogP contribution in [0, 0.1) is 46.3 Å². The molecule has 4 aliphatic rings.